The van der Waals surface area contributed by atoms with Gasteiger partial charge in [-0.3, -0.25) is 0 Å². The predicted octanol–water partition coefficient (Wildman–Crippen LogP) is 3.33. The summed E-state index contributed by atoms with van der Waals surface area (Å²) in [5.74, 6) is 0. The van der Waals surface area contributed by atoms with Crippen molar-refractivity contribution in [3.63, 3.8) is 0 Å². The van der Waals surface area contributed by atoms with Crippen molar-refractivity contribution in [3.8, 4) is 0 Å². The van der Waals surface area contributed by atoms with E-state index in [2.05, 4.69) is 22.3 Å². The monoisotopic (exact) mass is 391 g/mol. The average molecular weight is 392 g/mol. The number of primary sulfonamides is 1. The van der Waals surface area contributed by atoms with Crippen molar-refractivity contribution in [1.29, 1.82) is 0 Å². The number of rotatable bonds is 3. The largest absolute Gasteiger partial charge is 0.346 e. The third-order valence-corrected chi connectivity index (χ3v) is 5.61. The number of hydrogen-bond donors (Lipinski definition) is 3. The van der Waals surface area contributed by atoms with Gasteiger partial charge in [-0.2, -0.15) is 0 Å². The number of sulfonamides is 1. The molecule has 0 aliphatic carbocycles. The Labute approximate surface area is 162 Å². The molecule has 4 rings (SSSR count). The molecule has 4 N–H and O–H groups in total. The molecule has 8 heteroatoms. The molecule has 0 saturated carbocycles. The fraction of sp³-hybridized carbons (Fsp3) is 0.316. The van der Waals surface area contributed by atoms with E-state index in [1.54, 1.807) is 12.1 Å². The minimum atomic E-state index is -3.69. The Kier molecular flexibility index (Phi) is 5.23. The van der Waals surface area contributed by atoms with E-state index in [1.807, 2.05) is 38.3 Å². The molecule has 0 spiro atoms. The van der Waals surface area contributed by atoms with Gasteiger partial charge in [-0.25, -0.2) is 24.0 Å². The number of aryl methyl sites for hydroxylation is 1. The predicted molar refractivity (Wildman–Crippen MR) is 112 cm³/mol. The molecule has 27 heavy (non-hydrogen) atoms. The van der Waals surface area contributed by atoms with E-state index in [4.69, 9.17) is 5.14 Å². The highest BCUT2D eigenvalue weighted by molar-refractivity contribution is 7.89. The maximum atomic E-state index is 11.4. The minimum absolute atomic E-state index is 0. The number of nitrogens with two attached hydrogens (primary N) is 1. The van der Waals surface area contributed by atoms with Crippen LogP contribution in [0.1, 0.15) is 46.4 Å². The van der Waals surface area contributed by atoms with Crippen molar-refractivity contribution >= 4 is 26.7 Å². The van der Waals surface area contributed by atoms with Crippen LogP contribution in [0.3, 0.4) is 0 Å². The van der Waals surface area contributed by atoms with Crippen LogP contribution in [-0.4, -0.2) is 25.4 Å². The molecular weight excluding hydrogens is 362 g/mol. The summed E-state index contributed by atoms with van der Waals surface area (Å²) >= 11 is 0. The van der Waals surface area contributed by atoms with Crippen LogP contribution in [0.15, 0.2) is 41.6 Å². The Hall–Kier alpha value is -2.42. The number of nitrogens with zero attached hydrogens (tertiary/aromatic N) is 2. The smallest absolute Gasteiger partial charge is 0.238 e. The summed E-state index contributed by atoms with van der Waals surface area (Å²) in [5, 5.41) is 8.30. The Morgan fingerprint density at radius 3 is 2.52 bits per heavy atom. The minimum Gasteiger partial charge on any atom is -0.346 e. The Morgan fingerprint density at radius 2 is 1.93 bits per heavy atom. The summed E-state index contributed by atoms with van der Waals surface area (Å²) in [6, 6.07) is 6.53. The van der Waals surface area contributed by atoms with Gasteiger partial charge in [0, 0.05) is 33.2 Å². The number of H-pyrrole nitrogens is 1. The van der Waals surface area contributed by atoms with E-state index < -0.39 is 10.0 Å². The molecule has 3 aromatic rings. The fourth-order valence-corrected chi connectivity index (χ4v) is 3.96. The average Bonchev–Trinajstić information content (AvgIpc) is 3.23. The Balaban J connectivity index is 0.00000102. The summed E-state index contributed by atoms with van der Waals surface area (Å²) in [6.45, 7) is 6.12. The van der Waals surface area contributed by atoms with E-state index in [-0.39, 0.29) is 13.8 Å². The summed E-state index contributed by atoms with van der Waals surface area (Å²) < 4.78 is 22.9. The molecule has 7 nitrogen and oxygen atoms in total. The van der Waals surface area contributed by atoms with Crippen molar-refractivity contribution in [1.82, 2.24) is 15.4 Å². The third kappa shape index (κ3) is 3.31. The molecule has 0 radical (unpaired) electrons. The highest BCUT2D eigenvalue weighted by Crippen LogP contribution is 2.41. The maximum Gasteiger partial charge on any atom is 0.238 e. The quantitative estimate of drug-likeness (QED) is 0.635. The zero-order chi connectivity index (χ0) is 19.8. The highest BCUT2D eigenvalue weighted by atomic mass is 32.2. The molecule has 1 aliphatic heterocycles. The van der Waals surface area contributed by atoms with Crippen LogP contribution in [0.2, 0.25) is 0 Å². The number of hydrogen-bond acceptors (Lipinski definition) is 5. The number of pyridine rings is 1. The number of hydrazine groups is 1. The molecule has 0 amide bonds. The Morgan fingerprint density at radius 1 is 1.26 bits per heavy atom. The van der Waals surface area contributed by atoms with Gasteiger partial charge in [-0.15, -0.1) is 0 Å². The van der Waals surface area contributed by atoms with Crippen LogP contribution in [0.25, 0.3) is 11.0 Å². The van der Waals surface area contributed by atoms with Gasteiger partial charge in [0.1, 0.15) is 5.65 Å². The van der Waals surface area contributed by atoms with Crippen molar-refractivity contribution < 1.29 is 11.3 Å². The second-order valence-corrected chi connectivity index (χ2v) is 7.75. The lowest BCUT2D eigenvalue weighted by atomic mass is 9.99. The first kappa shape index (κ1) is 19.3. The maximum absolute atomic E-state index is 11.4. The van der Waals surface area contributed by atoms with E-state index in [0.29, 0.717) is 0 Å². The highest BCUT2D eigenvalue weighted by Gasteiger charge is 2.31. The summed E-state index contributed by atoms with van der Waals surface area (Å²) in [4.78, 5) is 7.88. The van der Waals surface area contributed by atoms with Gasteiger partial charge < -0.3 is 9.99 Å². The van der Waals surface area contributed by atoms with Gasteiger partial charge in [0.25, 0.3) is 0 Å². The van der Waals surface area contributed by atoms with Gasteiger partial charge >= 0.3 is 0 Å². The number of anilines is 1. The van der Waals surface area contributed by atoms with Gasteiger partial charge in [0.2, 0.25) is 10.0 Å². The SMILES string of the molecule is CC.CCc1c[nH]c2ncc3c(c12)N(C)NC3c1ccc(S(N)(=O)=O)cc1.[HH].[HH]. The Bertz CT molecular complexity index is 1070. The lowest BCUT2D eigenvalue weighted by molar-refractivity contribution is 0.597. The first-order chi connectivity index (χ1) is 12.9. The van der Waals surface area contributed by atoms with Crippen molar-refractivity contribution in [2.75, 3.05) is 12.1 Å². The molecule has 0 fully saturated rings. The van der Waals surface area contributed by atoms with E-state index in [9.17, 15) is 8.42 Å². The lowest BCUT2D eigenvalue weighted by Crippen LogP contribution is -2.30. The lowest BCUT2D eigenvalue weighted by Gasteiger charge is -2.16. The van der Waals surface area contributed by atoms with E-state index >= 15 is 0 Å². The third-order valence-electron chi connectivity index (χ3n) is 4.68. The number of benzene rings is 1. The zero-order valence-electron chi connectivity index (χ0n) is 15.9. The van der Waals surface area contributed by atoms with Gasteiger partial charge in [-0.1, -0.05) is 32.9 Å². The molecule has 0 saturated heterocycles. The van der Waals surface area contributed by atoms with Crippen LogP contribution in [0.5, 0.6) is 0 Å². The first-order valence-electron chi connectivity index (χ1n) is 9.01. The zero-order valence-corrected chi connectivity index (χ0v) is 16.8. The molecule has 0 bridgehead atoms. The van der Waals surface area contributed by atoms with Crippen LogP contribution in [0, 0.1) is 0 Å². The standard InChI is InChI=1S/C17H19N5O2S.C2H6.2H2/c1-3-10-8-19-17-14(10)16-13(9-20-17)15(21-22(16)2)11-4-6-12(7-5-11)25(18,23)24;1-2;;/h4-9,15,21H,3H2,1-2H3,(H,19,20)(H2,18,23,24);1-2H3;2*1H. The second-order valence-electron chi connectivity index (χ2n) is 6.19. The molecule has 1 aliphatic rings. The van der Waals surface area contributed by atoms with Crippen LogP contribution >= 0.6 is 0 Å². The van der Waals surface area contributed by atoms with Gasteiger partial charge in [-0.05, 0) is 29.7 Å². The molecule has 148 valence electrons. The molecule has 2 aromatic heterocycles. The topological polar surface area (TPSA) is 104 Å². The molecule has 1 aromatic carbocycles. The van der Waals surface area contributed by atoms with Crippen molar-refractivity contribution in [2.24, 2.45) is 5.14 Å². The van der Waals surface area contributed by atoms with Crippen LogP contribution < -0.4 is 15.6 Å². The van der Waals surface area contributed by atoms with Crippen molar-refractivity contribution in [2.45, 2.75) is 38.1 Å². The summed E-state index contributed by atoms with van der Waals surface area (Å²) in [7, 11) is -1.72. The van der Waals surface area contributed by atoms with Crippen LogP contribution in [-0.2, 0) is 16.4 Å². The first-order valence-corrected chi connectivity index (χ1v) is 10.6. The number of fused-ring (bicyclic) bond motifs is 3. The number of aromatic amines is 1. The van der Waals surface area contributed by atoms with Crippen molar-refractivity contribution in [3.05, 3.63) is 53.3 Å². The fourth-order valence-electron chi connectivity index (χ4n) is 3.44. The second kappa shape index (κ2) is 7.30. The molecule has 1 unspecified atom stereocenters. The van der Waals surface area contributed by atoms with Gasteiger partial charge in [0.05, 0.1) is 16.6 Å². The number of aromatic nitrogens is 2. The summed E-state index contributed by atoms with van der Waals surface area (Å²) in [5.41, 5.74) is 8.63. The summed E-state index contributed by atoms with van der Waals surface area (Å²) in [6.07, 6.45) is 4.78. The number of nitrogens with one attached hydrogen (secondary N) is 2. The van der Waals surface area contributed by atoms with E-state index in [0.717, 1.165) is 34.3 Å². The molecular formula is C19H29N5O2S. The molecule has 1 atom stereocenters. The van der Waals surface area contributed by atoms with E-state index in [1.165, 1.54) is 17.7 Å². The van der Waals surface area contributed by atoms with Crippen LogP contribution in [0.4, 0.5) is 5.69 Å². The van der Waals surface area contributed by atoms with Gasteiger partial charge in [0.15, 0.2) is 0 Å². The normalized spacial score (nSPS) is 16.2. The molecule has 3 heterocycles.